The van der Waals surface area contributed by atoms with E-state index in [2.05, 4.69) is 193 Å². The minimum Gasteiger partial charge on any atom is -0.308 e. The number of fused-ring (bicyclic) bond motifs is 8. The zero-order valence-corrected chi connectivity index (χ0v) is 32.0. The SMILES string of the molecule is c1ccc(-c2cccc(-c3nc(-c4c(-n5c6ccccc6c6cc7ccccc7cc65)ccc5ccccc45)nc(-c4cccc5c4sc4ccccc45)n3)c2)cc1. The summed E-state index contributed by atoms with van der Waals surface area (Å²) in [4.78, 5) is 16.3. The largest absolute Gasteiger partial charge is 0.308 e. The zero-order valence-electron chi connectivity index (χ0n) is 31.2. The predicted molar refractivity (Wildman–Crippen MR) is 244 cm³/mol. The minimum absolute atomic E-state index is 0.627. The van der Waals surface area contributed by atoms with Gasteiger partial charge in [-0.1, -0.05) is 152 Å². The molecule has 12 rings (SSSR count). The Morgan fingerprint density at radius 3 is 1.88 bits per heavy atom. The first-order valence-corrected chi connectivity index (χ1v) is 20.3. The van der Waals surface area contributed by atoms with Gasteiger partial charge in [-0.25, -0.2) is 15.0 Å². The molecular formula is C53H32N4S. The number of aromatic nitrogens is 4. The number of hydrogen-bond acceptors (Lipinski definition) is 4. The maximum atomic E-state index is 5.50. The number of rotatable bonds is 5. The summed E-state index contributed by atoms with van der Waals surface area (Å²) in [6.45, 7) is 0. The summed E-state index contributed by atoms with van der Waals surface area (Å²) in [5.74, 6) is 1.90. The highest BCUT2D eigenvalue weighted by atomic mass is 32.1. The fourth-order valence-electron chi connectivity index (χ4n) is 8.73. The van der Waals surface area contributed by atoms with Crippen molar-refractivity contribution < 1.29 is 0 Å². The van der Waals surface area contributed by atoms with Gasteiger partial charge >= 0.3 is 0 Å². The van der Waals surface area contributed by atoms with Crippen LogP contribution in [0.15, 0.2) is 194 Å². The second kappa shape index (κ2) is 13.1. The fourth-order valence-corrected chi connectivity index (χ4v) is 9.94. The van der Waals surface area contributed by atoms with Crippen LogP contribution in [0, 0.1) is 0 Å². The smallest absolute Gasteiger partial charge is 0.166 e. The molecule has 0 fully saturated rings. The van der Waals surface area contributed by atoms with Crippen molar-refractivity contribution in [2.45, 2.75) is 0 Å². The molecule has 12 aromatic rings. The third-order valence-corrected chi connectivity index (χ3v) is 12.6. The Balaban J connectivity index is 1.19. The minimum atomic E-state index is 0.627. The summed E-state index contributed by atoms with van der Waals surface area (Å²) in [7, 11) is 0. The van der Waals surface area contributed by atoms with E-state index < -0.39 is 0 Å². The van der Waals surface area contributed by atoms with Crippen LogP contribution in [0.4, 0.5) is 0 Å². The molecule has 0 saturated heterocycles. The van der Waals surface area contributed by atoms with Crippen molar-refractivity contribution in [3.63, 3.8) is 0 Å². The van der Waals surface area contributed by atoms with Crippen LogP contribution in [0.5, 0.6) is 0 Å². The molecule has 0 radical (unpaired) electrons. The van der Waals surface area contributed by atoms with E-state index in [9.17, 15) is 0 Å². The van der Waals surface area contributed by atoms with E-state index >= 15 is 0 Å². The quantitative estimate of drug-likeness (QED) is 0.176. The summed E-state index contributed by atoms with van der Waals surface area (Å²) < 4.78 is 4.81. The van der Waals surface area contributed by atoms with E-state index in [1.54, 1.807) is 11.3 Å². The van der Waals surface area contributed by atoms with E-state index in [0.29, 0.717) is 17.5 Å². The number of thiophene rings is 1. The molecule has 0 aliphatic carbocycles. The molecular weight excluding hydrogens is 725 g/mol. The lowest BCUT2D eigenvalue weighted by Crippen LogP contribution is -2.04. The molecule has 58 heavy (non-hydrogen) atoms. The van der Waals surface area contributed by atoms with Crippen LogP contribution in [0.1, 0.15) is 0 Å². The van der Waals surface area contributed by atoms with Crippen LogP contribution in [0.3, 0.4) is 0 Å². The molecule has 4 nitrogen and oxygen atoms in total. The van der Waals surface area contributed by atoms with Crippen LogP contribution in [-0.4, -0.2) is 19.5 Å². The van der Waals surface area contributed by atoms with Gasteiger partial charge in [0.2, 0.25) is 0 Å². The molecule has 0 saturated carbocycles. The number of benzene rings is 9. The standard InChI is InChI=1S/C53H32N4S/c1-2-14-33(15-3-1)35-19-12-20-38(30-35)51-54-52(43-25-13-24-42-41-23-9-11-27-48(41)58-50(42)43)56-53(55-51)49-39-21-7-6-16-34(39)28-29-46(49)57-45-26-10-8-22-40(45)44-31-36-17-4-5-18-37(36)32-47(44)57/h1-32H. The lowest BCUT2D eigenvalue weighted by Gasteiger charge is -2.17. The second-order valence-electron chi connectivity index (χ2n) is 14.8. The Labute approximate surface area is 338 Å². The van der Waals surface area contributed by atoms with Crippen LogP contribution in [0.25, 0.3) is 115 Å². The Hall–Kier alpha value is -7.47. The van der Waals surface area contributed by atoms with Gasteiger partial charge in [-0.15, -0.1) is 11.3 Å². The Bertz CT molecular complexity index is 3580. The molecule has 0 bridgehead atoms. The molecule has 5 heteroatoms. The van der Waals surface area contributed by atoms with Crippen molar-refractivity contribution in [2.75, 3.05) is 0 Å². The number of nitrogens with zero attached hydrogens (tertiary/aromatic N) is 4. The first-order chi connectivity index (χ1) is 28.7. The molecule has 0 amide bonds. The molecule has 3 heterocycles. The van der Waals surface area contributed by atoms with Crippen molar-refractivity contribution >= 4 is 74.9 Å². The second-order valence-corrected chi connectivity index (χ2v) is 15.8. The van der Waals surface area contributed by atoms with E-state index in [4.69, 9.17) is 15.0 Å². The normalized spacial score (nSPS) is 11.8. The molecule has 0 unspecified atom stereocenters. The van der Waals surface area contributed by atoms with Gasteiger partial charge in [-0.05, 0) is 75.1 Å². The summed E-state index contributed by atoms with van der Waals surface area (Å²) in [5.41, 5.74) is 8.41. The van der Waals surface area contributed by atoms with Gasteiger partial charge in [0, 0.05) is 42.1 Å². The van der Waals surface area contributed by atoms with Gasteiger partial charge in [0.25, 0.3) is 0 Å². The summed E-state index contributed by atoms with van der Waals surface area (Å²) in [6.07, 6.45) is 0. The lowest BCUT2D eigenvalue weighted by molar-refractivity contribution is 1.07. The van der Waals surface area contributed by atoms with Crippen LogP contribution < -0.4 is 0 Å². The Kier molecular flexibility index (Phi) is 7.37. The lowest BCUT2D eigenvalue weighted by atomic mass is 10.0. The summed E-state index contributed by atoms with van der Waals surface area (Å²) in [5, 5.41) is 9.47. The summed E-state index contributed by atoms with van der Waals surface area (Å²) in [6, 6.07) is 69.2. The van der Waals surface area contributed by atoms with Gasteiger partial charge in [0.1, 0.15) is 0 Å². The van der Waals surface area contributed by atoms with Crippen LogP contribution in [-0.2, 0) is 0 Å². The average Bonchev–Trinajstić information content (AvgIpc) is 3.83. The molecule has 0 N–H and O–H groups in total. The van der Waals surface area contributed by atoms with Crippen molar-refractivity contribution in [1.82, 2.24) is 19.5 Å². The molecule has 270 valence electrons. The molecule has 3 aromatic heterocycles. The highest BCUT2D eigenvalue weighted by molar-refractivity contribution is 7.26. The zero-order chi connectivity index (χ0) is 38.2. The van der Waals surface area contributed by atoms with Crippen LogP contribution >= 0.6 is 11.3 Å². The fraction of sp³-hybridized carbons (Fsp3) is 0. The van der Waals surface area contributed by atoms with Crippen molar-refractivity contribution in [3.8, 4) is 51.0 Å². The monoisotopic (exact) mass is 756 g/mol. The maximum absolute atomic E-state index is 5.50. The van der Waals surface area contributed by atoms with Gasteiger partial charge in [-0.3, -0.25) is 0 Å². The van der Waals surface area contributed by atoms with E-state index in [-0.39, 0.29) is 0 Å². The molecule has 0 aliphatic rings. The molecule has 0 aliphatic heterocycles. The van der Waals surface area contributed by atoms with E-state index in [0.717, 1.165) is 60.0 Å². The first kappa shape index (κ1) is 32.7. The van der Waals surface area contributed by atoms with E-state index in [1.807, 2.05) is 6.07 Å². The van der Waals surface area contributed by atoms with Gasteiger partial charge in [0.15, 0.2) is 17.5 Å². The molecule has 0 spiro atoms. The predicted octanol–water partition coefficient (Wildman–Crippen LogP) is 14.3. The number of para-hydroxylation sites is 1. The molecule has 0 atom stereocenters. The van der Waals surface area contributed by atoms with Gasteiger partial charge < -0.3 is 4.57 Å². The highest BCUT2D eigenvalue weighted by Crippen LogP contribution is 2.43. The van der Waals surface area contributed by atoms with Gasteiger partial charge in [0.05, 0.1) is 22.3 Å². The number of hydrogen-bond donors (Lipinski definition) is 0. The highest BCUT2D eigenvalue weighted by Gasteiger charge is 2.23. The maximum Gasteiger partial charge on any atom is 0.166 e. The Morgan fingerprint density at radius 2 is 1.00 bits per heavy atom. The van der Waals surface area contributed by atoms with Crippen molar-refractivity contribution in [3.05, 3.63) is 194 Å². The van der Waals surface area contributed by atoms with Crippen LogP contribution in [0.2, 0.25) is 0 Å². The topological polar surface area (TPSA) is 43.6 Å². The summed E-state index contributed by atoms with van der Waals surface area (Å²) >= 11 is 1.79. The van der Waals surface area contributed by atoms with E-state index in [1.165, 1.54) is 37.0 Å². The first-order valence-electron chi connectivity index (χ1n) is 19.5. The third-order valence-electron chi connectivity index (χ3n) is 11.4. The Morgan fingerprint density at radius 1 is 0.362 bits per heavy atom. The molecule has 9 aromatic carbocycles. The van der Waals surface area contributed by atoms with Gasteiger partial charge in [-0.2, -0.15) is 0 Å². The van der Waals surface area contributed by atoms with Crippen molar-refractivity contribution in [1.29, 1.82) is 0 Å². The van der Waals surface area contributed by atoms with Crippen molar-refractivity contribution in [2.24, 2.45) is 0 Å². The average molecular weight is 757 g/mol. The third kappa shape index (κ3) is 5.18.